The van der Waals surface area contributed by atoms with Crippen LogP contribution in [0.25, 0.3) is 0 Å². The molecule has 0 bridgehead atoms. The lowest BCUT2D eigenvalue weighted by Gasteiger charge is -2.09. The van der Waals surface area contributed by atoms with E-state index < -0.39 is 11.2 Å². The SMILES string of the molecule is O=C(OCl)C(S)c1cc(Cl)ccc1Cl. The van der Waals surface area contributed by atoms with Crippen molar-refractivity contribution in [2.24, 2.45) is 0 Å². The summed E-state index contributed by atoms with van der Waals surface area (Å²) in [5.41, 5.74) is 0.466. The maximum absolute atomic E-state index is 11.0. The molecule has 0 saturated heterocycles. The Bertz CT molecular complexity index is 356. The summed E-state index contributed by atoms with van der Waals surface area (Å²) in [5.74, 6) is -0.695. The molecule has 0 heterocycles. The van der Waals surface area contributed by atoms with Crippen molar-refractivity contribution in [2.75, 3.05) is 0 Å². The molecule has 76 valence electrons. The van der Waals surface area contributed by atoms with E-state index in [9.17, 15) is 4.79 Å². The lowest BCUT2D eigenvalue weighted by molar-refractivity contribution is -0.133. The highest BCUT2D eigenvalue weighted by atomic mass is 35.5. The van der Waals surface area contributed by atoms with Gasteiger partial charge in [0.15, 0.2) is 0 Å². The average Bonchev–Trinajstić information content (AvgIpc) is 2.19. The van der Waals surface area contributed by atoms with Crippen molar-refractivity contribution in [3.8, 4) is 0 Å². The molecular formula is C8H5Cl3O2S. The lowest BCUT2D eigenvalue weighted by atomic mass is 10.1. The van der Waals surface area contributed by atoms with Gasteiger partial charge in [-0.25, -0.2) is 4.79 Å². The Kier molecular flexibility index (Phi) is 4.38. The van der Waals surface area contributed by atoms with Gasteiger partial charge in [-0.2, -0.15) is 12.6 Å². The van der Waals surface area contributed by atoms with Crippen LogP contribution < -0.4 is 0 Å². The number of rotatable bonds is 2. The van der Waals surface area contributed by atoms with Gasteiger partial charge >= 0.3 is 5.97 Å². The summed E-state index contributed by atoms with van der Waals surface area (Å²) in [6, 6.07) is 4.72. The molecule has 0 spiro atoms. The van der Waals surface area contributed by atoms with E-state index in [0.717, 1.165) is 0 Å². The van der Waals surface area contributed by atoms with Gasteiger partial charge in [-0.05, 0) is 23.8 Å². The third-order valence-electron chi connectivity index (χ3n) is 1.55. The molecule has 6 heteroatoms. The fourth-order valence-electron chi connectivity index (χ4n) is 0.893. The number of carbonyl (C=O) groups is 1. The molecule has 0 N–H and O–H groups in total. The smallest absolute Gasteiger partial charge is 0.341 e. The highest BCUT2D eigenvalue weighted by Crippen LogP contribution is 2.31. The first-order chi connectivity index (χ1) is 6.56. The lowest BCUT2D eigenvalue weighted by Crippen LogP contribution is -2.06. The molecule has 0 amide bonds. The molecule has 0 aliphatic heterocycles. The monoisotopic (exact) mass is 270 g/mol. The maximum atomic E-state index is 11.0. The van der Waals surface area contributed by atoms with Gasteiger partial charge in [0.25, 0.3) is 0 Å². The van der Waals surface area contributed by atoms with Gasteiger partial charge in [0.1, 0.15) is 17.1 Å². The van der Waals surface area contributed by atoms with E-state index in [1.54, 1.807) is 12.1 Å². The molecule has 1 aromatic rings. The van der Waals surface area contributed by atoms with E-state index in [1.165, 1.54) is 6.07 Å². The van der Waals surface area contributed by atoms with E-state index >= 15 is 0 Å². The maximum Gasteiger partial charge on any atom is 0.341 e. The third kappa shape index (κ3) is 2.70. The Balaban J connectivity index is 3.05. The standard InChI is InChI=1S/C8H5Cl3O2S/c9-4-1-2-6(10)5(3-4)7(14)8(12)13-11/h1-3,7,14H. The van der Waals surface area contributed by atoms with E-state index in [1.807, 2.05) is 0 Å². The first-order valence-electron chi connectivity index (χ1n) is 3.51. The topological polar surface area (TPSA) is 26.3 Å². The van der Waals surface area contributed by atoms with E-state index in [-0.39, 0.29) is 0 Å². The fourth-order valence-corrected chi connectivity index (χ4v) is 1.79. The van der Waals surface area contributed by atoms with Crippen LogP contribution in [0.3, 0.4) is 0 Å². The van der Waals surface area contributed by atoms with Crippen molar-refractivity contribution < 1.29 is 9.08 Å². The van der Waals surface area contributed by atoms with Crippen LogP contribution in [0.2, 0.25) is 10.0 Å². The van der Waals surface area contributed by atoms with Crippen molar-refractivity contribution in [1.29, 1.82) is 0 Å². The number of hydrogen-bond acceptors (Lipinski definition) is 3. The quantitative estimate of drug-likeness (QED) is 0.831. The second kappa shape index (κ2) is 5.12. The molecule has 1 unspecified atom stereocenters. The minimum absolute atomic E-state index is 0.386. The first-order valence-corrected chi connectivity index (χ1v) is 5.10. The number of thiol groups is 1. The van der Waals surface area contributed by atoms with Crippen LogP contribution in [-0.2, 0) is 9.08 Å². The van der Waals surface area contributed by atoms with Crippen LogP contribution in [0, 0.1) is 0 Å². The molecule has 0 aliphatic carbocycles. The second-order valence-corrected chi connectivity index (χ2v) is 3.98. The minimum Gasteiger partial charge on any atom is -0.346 e. The highest BCUT2D eigenvalue weighted by Gasteiger charge is 2.20. The summed E-state index contributed by atoms with van der Waals surface area (Å²) in [5, 5.41) is 0.0148. The molecule has 1 atom stereocenters. The third-order valence-corrected chi connectivity index (χ3v) is 2.77. The highest BCUT2D eigenvalue weighted by molar-refractivity contribution is 7.81. The van der Waals surface area contributed by atoms with E-state index in [4.69, 9.17) is 35.1 Å². The Labute approximate surface area is 102 Å². The Morgan fingerprint density at radius 3 is 2.64 bits per heavy atom. The van der Waals surface area contributed by atoms with E-state index in [0.29, 0.717) is 15.6 Å². The predicted molar refractivity (Wildman–Crippen MR) is 60.1 cm³/mol. The minimum atomic E-state index is -0.835. The molecule has 0 saturated carbocycles. The summed E-state index contributed by atoms with van der Waals surface area (Å²) in [6.07, 6.45) is 0. The summed E-state index contributed by atoms with van der Waals surface area (Å²) in [4.78, 5) is 11.0. The molecular weight excluding hydrogens is 267 g/mol. The number of carbonyl (C=O) groups excluding carboxylic acids is 1. The van der Waals surface area contributed by atoms with Gasteiger partial charge < -0.3 is 4.29 Å². The van der Waals surface area contributed by atoms with Gasteiger partial charge in [0.05, 0.1) is 0 Å². The van der Waals surface area contributed by atoms with Crippen molar-refractivity contribution in [3.05, 3.63) is 33.8 Å². The van der Waals surface area contributed by atoms with Crippen LogP contribution in [0.5, 0.6) is 0 Å². The van der Waals surface area contributed by atoms with Gasteiger partial charge in [-0.15, -0.1) is 0 Å². The molecule has 0 aromatic heterocycles. The summed E-state index contributed by atoms with van der Waals surface area (Å²) >= 11 is 20.5. The van der Waals surface area contributed by atoms with E-state index in [2.05, 4.69) is 16.9 Å². The first kappa shape index (κ1) is 12.0. The average molecular weight is 272 g/mol. The van der Waals surface area contributed by atoms with Crippen molar-refractivity contribution >= 4 is 53.7 Å². The Morgan fingerprint density at radius 1 is 1.43 bits per heavy atom. The molecule has 14 heavy (non-hydrogen) atoms. The zero-order chi connectivity index (χ0) is 10.7. The van der Waals surface area contributed by atoms with Gasteiger partial charge in [-0.1, -0.05) is 23.2 Å². The Hall–Kier alpha value is -0.0900. The van der Waals surface area contributed by atoms with Crippen molar-refractivity contribution in [1.82, 2.24) is 0 Å². The second-order valence-electron chi connectivity index (χ2n) is 2.46. The van der Waals surface area contributed by atoms with Crippen molar-refractivity contribution in [3.63, 3.8) is 0 Å². The fraction of sp³-hybridized carbons (Fsp3) is 0.125. The van der Waals surface area contributed by atoms with Crippen LogP contribution in [-0.4, -0.2) is 5.97 Å². The normalized spacial score (nSPS) is 12.3. The molecule has 1 aromatic carbocycles. The largest absolute Gasteiger partial charge is 0.346 e. The zero-order valence-corrected chi connectivity index (χ0v) is 9.87. The zero-order valence-electron chi connectivity index (χ0n) is 6.71. The summed E-state index contributed by atoms with van der Waals surface area (Å²) in [6.45, 7) is 0. The molecule has 0 aliphatic rings. The summed E-state index contributed by atoms with van der Waals surface area (Å²) in [7, 11) is 0. The van der Waals surface area contributed by atoms with Crippen molar-refractivity contribution in [2.45, 2.75) is 5.25 Å². The molecule has 2 nitrogen and oxygen atoms in total. The predicted octanol–water partition coefficient (Wildman–Crippen LogP) is 3.66. The molecule has 1 rings (SSSR count). The van der Waals surface area contributed by atoms with Crippen LogP contribution in [0.4, 0.5) is 0 Å². The van der Waals surface area contributed by atoms with Crippen LogP contribution in [0.15, 0.2) is 18.2 Å². The number of hydrogen-bond donors (Lipinski definition) is 1. The number of halogens is 3. The van der Waals surface area contributed by atoms with Gasteiger partial charge in [0.2, 0.25) is 0 Å². The summed E-state index contributed by atoms with van der Waals surface area (Å²) < 4.78 is 4.02. The number of benzene rings is 1. The van der Waals surface area contributed by atoms with Gasteiger partial charge in [0, 0.05) is 10.0 Å². The molecule has 0 radical (unpaired) electrons. The Morgan fingerprint density at radius 2 is 2.07 bits per heavy atom. The van der Waals surface area contributed by atoms with Crippen LogP contribution in [0.1, 0.15) is 10.8 Å². The molecule has 0 fully saturated rings. The van der Waals surface area contributed by atoms with Gasteiger partial charge in [-0.3, -0.25) is 0 Å². The van der Waals surface area contributed by atoms with Crippen LogP contribution >= 0.6 is 47.7 Å².